The van der Waals surface area contributed by atoms with Crippen molar-refractivity contribution >= 4 is 46.0 Å². The predicted molar refractivity (Wildman–Crippen MR) is 221 cm³/mol. The van der Waals surface area contributed by atoms with E-state index in [1.165, 1.54) is 0 Å². The van der Waals surface area contributed by atoms with E-state index in [4.69, 9.17) is 9.47 Å². The number of hydrogen-bond acceptors (Lipinski definition) is 13. The number of H-pyrrole nitrogens is 1. The number of piperidine rings is 1. The molecule has 0 saturated carbocycles. The van der Waals surface area contributed by atoms with Crippen LogP contribution in [0, 0.1) is 11.8 Å². The zero-order valence-electron chi connectivity index (χ0n) is 33.8. The van der Waals surface area contributed by atoms with Gasteiger partial charge in [0.1, 0.15) is 29.6 Å². The standard InChI is InChI=1S/C43H50N10O6/c1-28(2)59-31-8-10-35-34(24-31)40(48-47-35)36-25-38(45-27-44-36)52-19-18-50(29(3)26-52)20-22-58-21-6-4-5-13-49-14-16-51(17-15-49)30-7-9-32-33(23-30)43(57)53(42(32)56)37-11-12-39(54)46-41(37)55/h7-10,23-25,27-29,37H,6,11-22,26H2,1-3H3,(H,47,48)(H,46,54,55)/t29-,37?/m0/s1. The van der Waals surface area contributed by atoms with Crippen LogP contribution in [0.4, 0.5) is 11.5 Å². The third-order valence-corrected chi connectivity index (χ3v) is 11.4. The molecule has 16 heteroatoms. The molecule has 0 bridgehead atoms. The molecule has 4 aliphatic rings. The van der Waals surface area contributed by atoms with Crippen LogP contribution < -0.4 is 19.9 Å². The SMILES string of the molecule is CC(C)Oc1ccc2[nH]nc(-c3cc(N4CCN(CCOCCC#CCN5CCN(c6ccc7c(c6)C(=O)N(C6CCC(=O)NC6=O)C7=O)CC5)[C@@H](C)C4)ncn3)c2c1. The Labute approximate surface area is 343 Å². The van der Waals surface area contributed by atoms with Crippen molar-refractivity contribution in [3.05, 3.63) is 59.9 Å². The highest BCUT2D eigenvalue weighted by atomic mass is 16.5. The van der Waals surface area contributed by atoms with Crippen LogP contribution >= 0.6 is 0 Å². The minimum absolute atomic E-state index is 0.0800. The molecule has 4 aromatic rings. The maximum Gasteiger partial charge on any atom is 0.262 e. The highest BCUT2D eigenvalue weighted by Gasteiger charge is 2.44. The molecule has 2 aromatic heterocycles. The number of aromatic nitrogens is 4. The van der Waals surface area contributed by atoms with Crippen molar-refractivity contribution in [1.82, 2.24) is 40.2 Å². The number of aromatic amines is 1. The van der Waals surface area contributed by atoms with Crippen molar-refractivity contribution in [3.8, 4) is 29.0 Å². The van der Waals surface area contributed by atoms with Gasteiger partial charge in [0, 0.05) is 88.4 Å². The van der Waals surface area contributed by atoms with Gasteiger partial charge in [0.25, 0.3) is 11.8 Å². The van der Waals surface area contributed by atoms with Crippen molar-refractivity contribution in [1.29, 1.82) is 0 Å². The van der Waals surface area contributed by atoms with Gasteiger partial charge in [0.05, 0.1) is 48.2 Å². The molecular weight excluding hydrogens is 753 g/mol. The Morgan fingerprint density at radius 2 is 1.69 bits per heavy atom. The van der Waals surface area contributed by atoms with Gasteiger partial charge >= 0.3 is 0 Å². The highest BCUT2D eigenvalue weighted by Crippen LogP contribution is 2.32. The van der Waals surface area contributed by atoms with Gasteiger partial charge in [0.15, 0.2) is 0 Å². The number of anilines is 2. The van der Waals surface area contributed by atoms with E-state index in [0.717, 1.165) is 96.8 Å². The van der Waals surface area contributed by atoms with Crippen molar-refractivity contribution in [2.24, 2.45) is 0 Å². The average molecular weight is 803 g/mol. The van der Waals surface area contributed by atoms with Crippen molar-refractivity contribution in [3.63, 3.8) is 0 Å². The van der Waals surface area contributed by atoms with E-state index < -0.39 is 29.7 Å². The number of hydrogen-bond donors (Lipinski definition) is 2. The van der Waals surface area contributed by atoms with Crippen molar-refractivity contribution < 1.29 is 28.7 Å². The lowest BCUT2D eigenvalue weighted by Crippen LogP contribution is -2.54. The minimum atomic E-state index is -0.972. The van der Waals surface area contributed by atoms with Gasteiger partial charge in [-0.05, 0) is 63.6 Å². The highest BCUT2D eigenvalue weighted by molar-refractivity contribution is 6.23. The molecule has 6 heterocycles. The van der Waals surface area contributed by atoms with E-state index in [-0.39, 0.29) is 24.5 Å². The monoisotopic (exact) mass is 802 g/mol. The fourth-order valence-corrected chi connectivity index (χ4v) is 8.20. The first-order chi connectivity index (χ1) is 28.6. The summed E-state index contributed by atoms with van der Waals surface area (Å²) >= 11 is 0. The fourth-order valence-electron chi connectivity index (χ4n) is 8.20. The lowest BCUT2D eigenvalue weighted by atomic mass is 10.0. The van der Waals surface area contributed by atoms with E-state index in [0.29, 0.717) is 37.8 Å². The Morgan fingerprint density at radius 1 is 0.881 bits per heavy atom. The third kappa shape index (κ3) is 8.78. The molecule has 8 rings (SSSR count). The van der Waals surface area contributed by atoms with E-state index in [2.05, 4.69) is 63.8 Å². The number of amides is 4. The maximum absolute atomic E-state index is 13.3. The van der Waals surface area contributed by atoms with E-state index in [9.17, 15) is 19.2 Å². The Morgan fingerprint density at radius 3 is 2.49 bits per heavy atom. The molecule has 0 aliphatic carbocycles. The average Bonchev–Trinajstić information content (AvgIpc) is 3.76. The largest absolute Gasteiger partial charge is 0.491 e. The number of carbonyl (C=O) groups is 4. The Balaban J connectivity index is 0.732. The van der Waals surface area contributed by atoms with Gasteiger partial charge in [0.2, 0.25) is 11.8 Å². The van der Waals surface area contributed by atoms with Gasteiger partial charge in [-0.15, -0.1) is 0 Å². The summed E-state index contributed by atoms with van der Waals surface area (Å²) in [5.74, 6) is 6.26. The van der Waals surface area contributed by atoms with E-state index in [1.807, 2.05) is 44.2 Å². The number of carbonyl (C=O) groups excluding carboxylic acids is 4. The molecule has 3 saturated heterocycles. The van der Waals surface area contributed by atoms with Crippen LogP contribution in [0.15, 0.2) is 48.8 Å². The second-order valence-corrected chi connectivity index (χ2v) is 15.7. The van der Waals surface area contributed by atoms with Gasteiger partial charge in [-0.25, -0.2) is 9.97 Å². The van der Waals surface area contributed by atoms with Gasteiger partial charge in [-0.2, -0.15) is 5.10 Å². The summed E-state index contributed by atoms with van der Waals surface area (Å²) in [6.45, 7) is 14.8. The number of imide groups is 2. The summed E-state index contributed by atoms with van der Waals surface area (Å²) in [5, 5.41) is 10.9. The first-order valence-corrected chi connectivity index (χ1v) is 20.5. The van der Waals surface area contributed by atoms with E-state index in [1.54, 1.807) is 18.5 Å². The second kappa shape index (κ2) is 17.5. The van der Waals surface area contributed by atoms with Crippen LogP contribution in [-0.2, 0) is 14.3 Å². The normalized spacial score (nSPS) is 20.3. The summed E-state index contributed by atoms with van der Waals surface area (Å²) in [5.41, 5.74) is 3.93. The van der Waals surface area contributed by atoms with Crippen LogP contribution in [0.2, 0.25) is 0 Å². The molecule has 2 aromatic carbocycles. The van der Waals surface area contributed by atoms with Crippen LogP contribution in [0.3, 0.4) is 0 Å². The minimum Gasteiger partial charge on any atom is -0.491 e. The molecule has 59 heavy (non-hydrogen) atoms. The Hall–Kier alpha value is -5.89. The molecule has 308 valence electrons. The molecule has 2 atom stereocenters. The zero-order chi connectivity index (χ0) is 41.0. The van der Waals surface area contributed by atoms with Crippen LogP contribution in [0.1, 0.15) is 60.7 Å². The van der Waals surface area contributed by atoms with Gasteiger partial charge in [-0.1, -0.05) is 11.8 Å². The van der Waals surface area contributed by atoms with Crippen LogP contribution in [0.5, 0.6) is 5.75 Å². The molecule has 4 amide bonds. The third-order valence-electron chi connectivity index (χ3n) is 11.4. The summed E-state index contributed by atoms with van der Waals surface area (Å²) < 4.78 is 11.9. The first kappa shape index (κ1) is 39.9. The lowest BCUT2D eigenvalue weighted by Gasteiger charge is -2.40. The molecule has 16 nitrogen and oxygen atoms in total. The van der Waals surface area contributed by atoms with E-state index >= 15 is 0 Å². The smallest absolute Gasteiger partial charge is 0.262 e. The summed E-state index contributed by atoms with van der Waals surface area (Å²) in [6.07, 6.45) is 2.60. The quantitative estimate of drug-likeness (QED) is 0.122. The number of fused-ring (bicyclic) bond motifs is 2. The number of nitrogens with zero attached hydrogens (tertiary/aromatic N) is 8. The first-order valence-electron chi connectivity index (χ1n) is 20.5. The van der Waals surface area contributed by atoms with Crippen LogP contribution in [-0.4, -0.2) is 149 Å². The number of piperazine rings is 2. The Bertz CT molecular complexity index is 2290. The molecule has 4 aliphatic heterocycles. The zero-order valence-corrected chi connectivity index (χ0v) is 33.8. The fraction of sp³-hybridized carbons (Fsp3) is 0.465. The lowest BCUT2D eigenvalue weighted by molar-refractivity contribution is -0.136. The number of nitrogens with one attached hydrogen (secondary N) is 2. The molecule has 1 unspecified atom stereocenters. The van der Waals surface area contributed by atoms with Gasteiger partial charge < -0.3 is 19.3 Å². The summed E-state index contributed by atoms with van der Waals surface area (Å²) in [7, 11) is 0. The number of ether oxygens (including phenoxy) is 2. The summed E-state index contributed by atoms with van der Waals surface area (Å²) in [4.78, 5) is 69.7. The van der Waals surface area contributed by atoms with Crippen molar-refractivity contribution in [2.75, 3.05) is 81.9 Å². The van der Waals surface area contributed by atoms with Crippen molar-refractivity contribution in [2.45, 2.75) is 58.2 Å². The molecule has 0 radical (unpaired) electrons. The molecular formula is C43H50N10O6. The molecule has 3 fully saturated rings. The molecule has 2 N–H and O–H groups in total. The topological polar surface area (TPSA) is 169 Å². The predicted octanol–water partition coefficient (Wildman–Crippen LogP) is 2.95. The summed E-state index contributed by atoms with van der Waals surface area (Å²) in [6, 6.07) is 12.6. The Kier molecular flexibility index (Phi) is 11.9. The number of benzene rings is 2. The number of rotatable bonds is 12. The van der Waals surface area contributed by atoms with Crippen LogP contribution in [0.25, 0.3) is 22.3 Å². The maximum atomic E-state index is 13.3. The van der Waals surface area contributed by atoms with Gasteiger partial charge in [-0.3, -0.25) is 44.3 Å². The molecule has 0 spiro atoms. The second-order valence-electron chi connectivity index (χ2n) is 15.7.